The molecule has 5 N–H and O–H groups in total. The Hall–Kier alpha value is -11.8. The van der Waals surface area contributed by atoms with Gasteiger partial charge in [0.2, 0.25) is 0 Å². The Bertz CT molecular complexity index is 5930. The van der Waals surface area contributed by atoms with Gasteiger partial charge >= 0.3 is 0 Å². The predicted molar refractivity (Wildman–Crippen MR) is 540 cm³/mol. The summed E-state index contributed by atoms with van der Waals surface area (Å²) in [5.74, 6) is 58.6. The van der Waals surface area contributed by atoms with Crippen LogP contribution in [0.3, 0.4) is 0 Å². The van der Waals surface area contributed by atoms with Gasteiger partial charge in [-0.25, -0.2) is 0 Å². The van der Waals surface area contributed by atoms with Crippen LogP contribution in [0.2, 0.25) is 0 Å². The van der Waals surface area contributed by atoms with Gasteiger partial charge in [0.05, 0.1) is 10.8 Å². The van der Waals surface area contributed by atoms with Crippen LogP contribution in [0, 0.1) is 133 Å². The van der Waals surface area contributed by atoms with Crippen molar-refractivity contribution >= 4 is 90.4 Å². The van der Waals surface area contributed by atoms with Crippen molar-refractivity contribution in [3.05, 3.63) is 452 Å². The van der Waals surface area contributed by atoms with Crippen LogP contribution < -0.4 is 0 Å². The van der Waals surface area contributed by atoms with Gasteiger partial charge in [0.1, 0.15) is 28.0 Å². The molecule has 0 radical (unpaired) electrons. The molecule has 5 nitrogen and oxygen atoms in total. The van der Waals surface area contributed by atoms with Gasteiger partial charge in [0, 0.05) is 92.2 Å². The van der Waals surface area contributed by atoms with Crippen molar-refractivity contribution in [2.45, 2.75) is 108 Å². The van der Waals surface area contributed by atoms with Crippen LogP contribution in [0.15, 0.2) is 315 Å². The van der Waals surface area contributed by atoms with Gasteiger partial charge in [0.15, 0.2) is 0 Å². The minimum atomic E-state index is -1.11. The highest BCUT2D eigenvalue weighted by atomic mass is 127. The maximum absolute atomic E-state index is 10.2. The zero-order valence-electron chi connectivity index (χ0n) is 70.3. The molecule has 13 aromatic carbocycles. The van der Waals surface area contributed by atoms with Crippen LogP contribution in [-0.2, 0) is 10.8 Å². The molecule has 0 amide bonds. The SMILES string of the molecule is C#Cc1cccc(C#CC(C)(C)O)c1.CC(C)(O)C#Cc1cccc(C#Cc2ccc(C(c3ccc(C#Cc4cccc(C#CC(C)(C)O)c4)cc3)(c3ccc(C#Cc4cccc(C#CC(C)(C)O)c4)cc3)c3ccc(C#Cc4cccc(C#CC(C)(C)O)c4)cc3)cc2)c1.Ic1ccc(C(c2ccc(I)cc2)(c2ccc(I)cc2)c2ccc(I)cc2)cc1. The maximum atomic E-state index is 10.2. The Morgan fingerprint density at radius 1 is 0.185 bits per heavy atom. The molecule has 0 bridgehead atoms. The fourth-order valence-electron chi connectivity index (χ4n) is 13.1. The van der Waals surface area contributed by atoms with Gasteiger partial charge in [-0.2, -0.15) is 0 Å². The molecule has 124 heavy (non-hydrogen) atoms. The molecule has 0 aromatic heterocycles. The third kappa shape index (κ3) is 27.6. The molecule has 0 spiro atoms. The maximum Gasteiger partial charge on any atom is 0.120 e. The Kier molecular flexibility index (Phi) is 31.5. The Morgan fingerprint density at radius 2 is 0.323 bits per heavy atom. The summed E-state index contributed by atoms with van der Waals surface area (Å²) in [5.41, 5.74) is 13.6. The third-order valence-corrected chi connectivity index (χ3v) is 21.7. The van der Waals surface area contributed by atoms with Gasteiger partial charge in [-0.3, -0.25) is 0 Å². The van der Waals surface area contributed by atoms with E-state index in [2.05, 4.69) is 397 Å². The zero-order valence-corrected chi connectivity index (χ0v) is 79.0. The molecule has 0 atom stereocenters. The van der Waals surface area contributed by atoms with Crippen LogP contribution >= 0.6 is 90.4 Å². The Labute approximate surface area is 787 Å². The number of aliphatic hydroxyl groups is 5. The van der Waals surface area contributed by atoms with E-state index < -0.39 is 33.4 Å². The highest BCUT2D eigenvalue weighted by Crippen LogP contribution is 2.48. The molecule has 0 saturated heterocycles. The first-order valence-corrected chi connectivity index (χ1v) is 44.2. The summed E-state index contributed by atoms with van der Waals surface area (Å²) in [5, 5.41) is 50.2. The highest BCUT2D eigenvalue weighted by Gasteiger charge is 2.40. The van der Waals surface area contributed by atoms with E-state index in [1.165, 1.54) is 36.5 Å². The van der Waals surface area contributed by atoms with E-state index in [1.807, 2.05) is 121 Å². The van der Waals surface area contributed by atoms with Crippen LogP contribution in [0.5, 0.6) is 0 Å². The van der Waals surface area contributed by atoms with Crippen molar-refractivity contribution in [1.82, 2.24) is 0 Å². The van der Waals surface area contributed by atoms with Crippen molar-refractivity contribution < 1.29 is 25.5 Å². The average Bonchev–Trinajstić information content (AvgIpc) is 0.734. The molecular weight excluding hydrogens is 1970 g/mol. The topological polar surface area (TPSA) is 101 Å². The second-order valence-electron chi connectivity index (χ2n) is 31.9. The molecule has 13 aromatic rings. The molecule has 9 heteroatoms. The Balaban J connectivity index is 0.000000280. The summed E-state index contributed by atoms with van der Waals surface area (Å²) in [4.78, 5) is 0. The smallest absolute Gasteiger partial charge is 0.120 e. The molecule has 0 saturated carbocycles. The lowest BCUT2D eigenvalue weighted by Gasteiger charge is -2.37. The minimum absolute atomic E-state index is 0.372. The number of rotatable bonds is 8. The highest BCUT2D eigenvalue weighted by molar-refractivity contribution is 14.1. The number of halogens is 4. The molecule has 0 unspecified atom stereocenters. The Morgan fingerprint density at radius 3 is 0.484 bits per heavy atom. The monoisotopic (exact) mass is 2060 g/mol. The van der Waals surface area contributed by atoms with E-state index in [1.54, 1.807) is 69.2 Å². The fourth-order valence-corrected chi connectivity index (χ4v) is 14.5. The van der Waals surface area contributed by atoms with E-state index in [0.29, 0.717) is 0 Å². The first kappa shape index (κ1) is 92.9. The molecule has 0 fully saturated rings. The minimum Gasteiger partial charge on any atom is -0.378 e. The largest absolute Gasteiger partial charge is 0.378 e. The normalized spacial score (nSPS) is 10.9. The summed E-state index contributed by atoms with van der Waals surface area (Å²) >= 11 is 9.52. The molecule has 0 heterocycles. The average molecular weight is 2060 g/mol. The van der Waals surface area contributed by atoms with Crippen LogP contribution in [0.1, 0.15) is 192 Å². The van der Waals surface area contributed by atoms with E-state index in [9.17, 15) is 25.5 Å². The summed E-state index contributed by atoms with van der Waals surface area (Å²) in [6.45, 7) is 16.5. The second-order valence-corrected chi connectivity index (χ2v) is 36.9. The molecular formula is C115H88I4O5. The molecule has 0 aliphatic carbocycles. The molecule has 0 aliphatic rings. The van der Waals surface area contributed by atoms with E-state index >= 15 is 0 Å². The fraction of sp³-hybridized carbons (Fsp3) is 0.148. The molecule has 606 valence electrons. The quantitative estimate of drug-likeness (QED) is 0.0593. The number of hydrogen-bond acceptors (Lipinski definition) is 5. The first-order valence-electron chi connectivity index (χ1n) is 39.8. The number of hydrogen-bond donors (Lipinski definition) is 5. The van der Waals surface area contributed by atoms with Crippen molar-refractivity contribution in [2.24, 2.45) is 0 Å². The van der Waals surface area contributed by atoms with Crippen LogP contribution in [-0.4, -0.2) is 53.5 Å². The first-order chi connectivity index (χ1) is 59.0. The van der Waals surface area contributed by atoms with Crippen molar-refractivity contribution in [3.63, 3.8) is 0 Å². The summed E-state index contributed by atoms with van der Waals surface area (Å²) in [7, 11) is 0. The van der Waals surface area contributed by atoms with Crippen LogP contribution in [0.4, 0.5) is 0 Å². The third-order valence-electron chi connectivity index (χ3n) is 18.8. The zero-order chi connectivity index (χ0) is 88.7. The van der Waals surface area contributed by atoms with E-state index in [4.69, 9.17) is 6.42 Å². The number of benzene rings is 13. The predicted octanol–water partition coefficient (Wildman–Crippen LogP) is 22.4. The number of terminal acetylenes is 1. The summed E-state index contributed by atoms with van der Waals surface area (Å²) < 4.78 is 4.97. The standard InChI is InChI=1S/C77H60O4.C25H16I4.C13H12O/c1-73(2,78)49-45-65-17-9-13-61(53-65)25-21-57-29-37-69(38-30-57)77(70-39-31-58(32-40-70)22-26-62-14-10-18-66(54-62)46-50-74(3,4)79,71-41-33-59(34-42-71)23-27-63-15-11-19-67(55-63)47-51-75(5,6)80)72-43-35-60(36-44-72)24-28-64-16-12-20-68(56-64)48-52-76(7,8)81;26-21-9-1-17(2-10-21)25(18-3-11-22(27)12-4-18,19-5-13-23(28)14-6-19)20-7-15-24(29)16-8-20;1-4-11-6-5-7-12(10-11)8-9-13(2,3)14/h9-20,29-44,53-56,78-81H,1-8H3;1-16H;1,5-7,10,14H,2-3H3. The van der Waals surface area contributed by atoms with Gasteiger partial charge in [-0.15, -0.1) is 6.42 Å². The lowest BCUT2D eigenvalue weighted by atomic mass is 9.65. The molecule has 0 aliphatic heterocycles. The van der Waals surface area contributed by atoms with E-state index in [0.717, 1.165) is 100 Å². The van der Waals surface area contributed by atoms with Gasteiger partial charge < -0.3 is 25.5 Å². The van der Waals surface area contributed by atoms with Crippen molar-refractivity contribution in [2.75, 3.05) is 0 Å². The van der Waals surface area contributed by atoms with Crippen LogP contribution in [0.25, 0.3) is 0 Å². The summed E-state index contributed by atoms with van der Waals surface area (Å²) in [6, 6.07) is 107. The molecule has 13 rings (SSSR count). The summed E-state index contributed by atoms with van der Waals surface area (Å²) in [6.07, 6.45) is 5.25. The second kappa shape index (κ2) is 42.0. The van der Waals surface area contributed by atoms with Gasteiger partial charge in [0.25, 0.3) is 0 Å². The lowest BCUT2D eigenvalue weighted by molar-refractivity contribution is 0.143. The van der Waals surface area contributed by atoms with E-state index in [-0.39, 0.29) is 5.41 Å². The van der Waals surface area contributed by atoms with Crippen molar-refractivity contribution in [1.29, 1.82) is 0 Å². The lowest BCUT2D eigenvalue weighted by Crippen LogP contribution is -2.31. The van der Waals surface area contributed by atoms with Gasteiger partial charge in [-0.1, -0.05) is 240 Å². The van der Waals surface area contributed by atoms with Gasteiger partial charge in [-0.05, 0) is 392 Å². The van der Waals surface area contributed by atoms with Crippen molar-refractivity contribution in [3.8, 4) is 119 Å².